The van der Waals surface area contributed by atoms with E-state index in [1.54, 1.807) is 0 Å². The van der Waals surface area contributed by atoms with Gasteiger partial charge in [0.25, 0.3) is 0 Å². The van der Waals surface area contributed by atoms with Crippen LogP contribution < -0.4 is 10.6 Å². The number of hydrogen-bond acceptors (Lipinski definition) is 4. The lowest BCUT2D eigenvalue weighted by atomic mass is 10.0. The number of ether oxygens (including phenoxy) is 1. The first-order valence-electron chi connectivity index (χ1n) is 15.2. The summed E-state index contributed by atoms with van der Waals surface area (Å²) in [6.45, 7) is 0.907. The van der Waals surface area contributed by atoms with E-state index in [0.717, 1.165) is 31.2 Å². The summed E-state index contributed by atoms with van der Waals surface area (Å²) in [5, 5.41) is 13.3. The first-order valence-corrected chi connectivity index (χ1v) is 21.4. The van der Waals surface area contributed by atoms with Gasteiger partial charge in [0.2, 0.25) is 0 Å². The van der Waals surface area contributed by atoms with Crippen LogP contribution in [0.5, 0.6) is 0 Å². The van der Waals surface area contributed by atoms with Crippen molar-refractivity contribution >= 4 is 46.3 Å². The third kappa shape index (κ3) is 8.38. The molecule has 3 saturated heterocycles. The first-order chi connectivity index (χ1) is 20.5. The van der Waals surface area contributed by atoms with Crippen molar-refractivity contribution in [3.63, 3.8) is 0 Å². The monoisotopic (exact) mass is 632 g/mol. The Hall–Kier alpha value is -1.90. The molecule has 220 valence electrons. The molecule has 0 radical (unpaired) electrons. The molecule has 3 heterocycles. The second-order valence-corrected chi connectivity index (χ2v) is 22.0. The largest absolute Gasteiger partial charge is 0.388 e. The van der Waals surface area contributed by atoms with Gasteiger partial charge in [0.1, 0.15) is 6.10 Å². The zero-order chi connectivity index (χ0) is 29.3. The van der Waals surface area contributed by atoms with E-state index in [2.05, 4.69) is 72.8 Å². The second kappa shape index (κ2) is 15.2. The van der Waals surface area contributed by atoms with E-state index in [1.165, 1.54) is 47.8 Å². The SMILES string of the molecule is O[C@@H](CC1CCCP1(=S)c1ccccc1)c1ccccc1.S=P1(c2ccccc2)CCCC1.c1ccc([C@@H]2CO2)cc1. The molecular weight excluding hydrogens is 590 g/mol. The predicted octanol–water partition coefficient (Wildman–Crippen LogP) is 8.42. The molecule has 4 aromatic rings. The predicted molar refractivity (Wildman–Crippen MR) is 189 cm³/mol. The highest BCUT2D eigenvalue weighted by Crippen LogP contribution is 2.59. The number of hydrogen-bond donors (Lipinski definition) is 1. The molecular formula is C36H42O2P2S2. The van der Waals surface area contributed by atoms with E-state index in [0.29, 0.717) is 11.8 Å². The maximum Gasteiger partial charge on any atom is 0.106 e. The summed E-state index contributed by atoms with van der Waals surface area (Å²) in [6.07, 6.45) is 9.65. The molecule has 3 aliphatic heterocycles. The van der Waals surface area contributed by atoms with Gasteiger partial charge in [0.05, 0.1) is 12.7 Å². The average Bonchev–Trinajstić information content (AvgIpc) is 3.71. The van der Waals surface area contributed by atoms with Crippen LogP contribution in [0.4, 0.5) is 0 Å². The smallest absolute Gasteiger partial charge is 0.106 e. The Morgan fingerprint density at radius 3 is 1.71 bits per heavy atom. The van der Waals surface area contributed by atoms with Gasteiger partial charge in [0.15, 0.2) is 0 Å². The van der Waals surface area contributed by atoms with Crippen LogP contribution in [0, 0.1) is 0 Å². The van der Waals surface area contributed by atoms with Crippen LogP contribution in [-0.2, 0) is 28.4 Å². The molecule has 3 aliphatic rings. The number of rotatable bonds is 6. The minimum absolute atomic E-state index is 0.389. The zero-order valence-electron chi connectivity index (χ0n) is 24.2. The van der Waals surface area contributed by atoms with Gasteiger partial charge in [-0.05, 0) is 90.1 Å². The van der Waals surface area contributed by atoms with Gasteiger partial charge in [-0.1, -0.05) is 145 Å². The van der Waals surface area contributed by atoms with Gasteiger partial charge in [-0.25, -0.2) is 0 Å². The molecule has 0 saturated carbocycles. The van der Waals surface area contributed by atoms with Crippen LogP contribution in [0.15, 0.2) is 121 Å². The summed E-state index contributed by atoms with van der Waals surface area (Å²) in [6, 6.07) is 39.0. The molecule has 0 aliphatic carbocycles. The summed E-state index contributed by atoms with van der Waals surface area (Å²) >= 11 is 11.9. The normalized spacial score (nSPS) is 24.4. The topological polar surface area (TPSA) is 32.8 Å². The molecule has 6 heteroatoms. The quantitative estimate of drug-likeness (QED) is 0.171. The molecule has 0 spiro atoms. The molecule has 2 nitrogen and oxygen atoms in total. The zero-order valence-corrected chi connectivity index (χ0v) is 27.6. The minimum atomic E-state index is -1.53. The molecule has 2 unspecified atom stereocenters. The summed E-state index contributed by atoms with van der Waals surface area (Å²) < 4.78 is 5.09. The highest BCUT2D eigenvalue weighted by atomic mass is 32.4. The van der Waals surface area contributed by atoms with E-state index in [1.807, 2.05) is 48.5 Å². The highest BCUT2D eigenvalue weighted by Gasteiger charge is 2.36. The van der Waals surface area contributed by atoms with Crippen LogP contribution in [0.1, 0.15) is 55.4 Å². The van der Waals surface area contributed by atoms with E-state index < -0.39 is 12.1 Å². The van der Waals surface area contributed by atoms with E-state index in [4.69, 9.17) is 28.4 Å². The summed E-state index contributed by atoms with van der Waals surface area (Å²) in [4.78, 5) is 0. The Morgan fingerprint density at radius 1 is 0.667 bits per heavy atom. The molecule has 0 bridgehead atoms. The maximum absolute atomic E-state index is 10.5. The molecule has 0 aromatic heterocycles. The van der Waals surface area contributed by atoms with Crippen molar-refractivity contribution in [3.05, 3.63) is 132 Å². The lowest BCUT2D eigenvalue weighted by Crippen LogP contribution is -2.16. The summed E-state index contributed by atoms with van der Waals surface area (Å²) in [7, 11) is 0. The van der Waals surface area contributed by atoms with Crippen molar-refractivity contribution in [2.75, 3.05) is 25.1 Å². The van der Waals surface area contributed by atoms with E-state index in [9.17, 15) is 5.11 Å². The Kier molecular flexibility index (Phi) is 11.4. The van der Waals surface area contributed by atoms with Crippen molar-refractivity contribution in [2.45, 2.75) is 50.0 Å². The maximum atomic E-state index is 10.5. The van der Waals surface area contributed by atoms with Gasteiger partial charge >= 0.3 is 0 Å². The molecule has 7 rings (SSSR count). The molecule has 1 N–H and O–H groups in total. The molecule has 4 atom stereocenters. The highest BCUT2D eigenvalue weighted by molar-refractivity contribution is 8.19. The lowest BCUT2D eigenvalue weighted by Gasteiger charge is -2.27. The number of aliphatic hydroxyl groups excluding tert-OH is 1. The third-order valence-corrected chi connectivity index (χ3v) is 19.4. The molecule has 0 amide bonds. The van der Waals surface area contributed by atoms with Crippen molar-refractivity contribution < 1.29 is 9.84 Å². The van der Waals surface area contributed by atoms with Crippen LogP contribution in [0.3, 0.4) is 0 Å². The molecule has 42 heavy (non-hydrogen) atoms. The third-order valence-electron chi connectivity index (χ3n) is 8.51. The van der Waals surface area contributed by atoms with Crippen molar-refractivity contribution in [2.24, 2.45) is 0 Å². The Labute approximate surface area is 262 Å². The number of benzene rings is 4. The summed E-state index contributed by atoms with van der Waals surface area (Å²) in [5.74, 6) is 0. The van der Waals surface area contributed by atoms with Crippen molar-refractivity contribution in [1.82, 2.24) is 0 Å². The van der Waals surface area contributed by atoms with Crippen molar-refractivity contribution in [3.8, 4) is 0 Å². The van der Waals surface area contributed by atoms with Gasteiger partial charge in [-0.3, -0.25) is 0 Å². The fourth-order valence-electron chi connectivity index (χ4n) is 6.04. The Morgan fingerprint density at radius 2 is 1.17 bits per heavy atom. The average molecular weight is 633 g/mol. The fraction of sp³-hybridized carbons (Fsp3) is 0.333. The summed E-state index contributed by atoms with van der Waals surface area (Å²) in [5.41, 5.74) is 2.79. The van der Waals surface area contributed by atoms with Crippen molar-refractivity contribution in [1.29, 1.82) is 0 Å². The van der Waals surface area contributed by atoms with Gasteiger partial charge in [-0.15, -0.1) is 0 Å². The van der Waals surface area contributed by atoms with Crippen LogP contribution in [0.25, 0.3) is 0 Å². The van der Waals surface area contributed by atoms with Crippen LogP contribution >= 0.6 is 12.1 Å². The molecule has 4 aromatic carbocycles. The Balaban J connectivity index is 0.000000140. The van der Waals surface area contributed by atoms with Crippen LogP contribution in [-0.4, -0.2) is 35.9 Å². The fourth-order valence-corrected chi connectivity index (χ4v) is 14.9. The van der Waals surface area contributed by atoms with E-state index in [-0.39, 0.29) is 6.10 Å². The van der Waals surface area contributed by atoms with Gasteiger partial charge in [-0.2, -0.15) is 0 Å². The second-order valence-electron chi connectivity index (χ2n) is 11.4. The standard InChI is InChI=1S/C18H21OPS.C10H13PS.C8H8O/c19-18(15-8-3-1-4-9-15)14-17-12-7-13-20(17,21)16-10-5-2-6-11-16;12-11(8-4-5-9-11)10-6-2-1-3-7-10;1-2-4-7(5-3-1)8-6-9-8/h1-6,8-11,17-19H,7,12-14H2;1-3,6-7H,4-5,8-9H2;1-5,8H,6H2/t17?,18-,20?;;8-/m0.0/s1. The number of epoxide rings is 1. The van der Waals surface area contributed by atoms with Crippen LogP contribution in [0.2, 0.25) is 0 Å². The molecule has 3 fully saturated rings. The van der Waals surface area contributed by atoms with Gasteiger partial charge in [0, 0.05) is 0 Å². The minimum Gasteiger partial charge on any atom is -0.388 e. The van der Waals surface area contributed by atoms with Gasteiger partial charge < -0.3 is 9.84 Å². The Bertz CT molecular complexity index is 1450. The first kappa shape index (κ1) is 31.5. The lowest BCUT2D eigenvalue weighted by molar-refractivity contribution is 0.166. The van der Waals surface area contributed by atoms with E-state index >= 15 is 0 Å². The number of aliphatic hydroxyl groups is 1.